The van der Waals surface area contributed by atoms with Crippen molar-refractivity contribution < 1.29 is 0 Å². The van der Waals surface area contributed by atoms with Gasteiger partial charge in [-0.05, 0) is 26.1 Å². The van der Waals surface area contributed by atoms with Crippen molar-refractivity contribution >= 4 is 0 Å². The minimum atomic E-state index is -0.270. The number of aryl methyl sites for hydroxylation is 1. The van der Waals surface area contributed by atoms with Gasteiger partial charge in [0.1, 0.15) is 6.04 Å². The van der Waals surface area contributed by atoms with Crippen LogP contribution in [0.4, 0.5) is 0 Å². The van der Waals surface area contributed by atoms with Crippen LogP contribution in [0.1, 0.15) is 31.1 Å². The van der Waals surface area contributed by atoms with Crippen molar-refractivity contribution in [1.82, 2.24) is 15.2 Å². The minimum Gasteiger partial charge on any atom is -0.303 e. The van der Waals surface area contributed by atoms with Crippen molar-refractivity contribution in [2.75, 3.05) is 26.2 Å². The van der Waals surface area contributed by atoms with E-state index in [9.17, 15) is 5.26 Å². The minimum absolute atomic E-state index is 0.270. The van der Waals surface area contributed by atoms with Crippen LogP contribution >= 0.6 is 0 Å². The molecule has 0 aliphatic rings. The Bertz CT molecular complexity index is 376. The maximum Gasteiger partial charge on any atom is 0.122 e. The molecule has 0 fully saturated rings. The van der Waals surface area contributed by atoms with E-state index in [-0.39, 0.29) is 6.04 Å². The van der Waals surface area contributed by atoms with Crippen LogP contribution < -0.4 is 5.32 Å². The Morgan fingerprint density at radius 3 is 2.61 bits per heavy atom. The van der Waals surface area contributed by atoms with Crippen LogP contribution in [0.5, 0.6) is 0 Å². The first-order valence-corrected chi connectivity index (χ1v) is 6.49. The van der Waals surface area contributed by atoms with Crippen LogP contribution in [-0.4, -0.2) is 36.1 Å². The molecule has 0 bridgehead atoms. The fraction of sp³-hybridized carbons (Fsp3) is 0.571. The molecule has 4 nitrogen and oxygen atoms in total. The molecule has 0 aliphatic carbocycles. The third-order valence-corrected chi connectivity index (χ3v) is 3.07. The van der Waals surface area contributed by atoms with Crippen molar-refractivity contribution in [3.63, 3.8) is 0 Å². The summed E-state index contributed by atoms with van der Waals surface area (Å²) in [5, 5.41) is 12.4. The SMILES string of the molecule is CCN(CC)CCNC(C#N)c1ccc(C)nc1. The molecule has 1 N–H and O–H groups in total. The van der Waals surface area contributed by atoms with Crippen LogP contribution in [0.25, 0.3) is 0 Å². The van der Waals surface area contributed by atoms with E-state index < -0.39 is 0 Å². The molecule has 4 heteroatoms. The van der Waals surface area contributed by atoms with E-state index in [1.54, 1.807) is 6.20 Å². The highest BCUT2D eigenvalue weighted by Crippen LogP contribution is 2.10. The Kier molecular flexibility index (Phi) is 6.34. The van der Waals surface area contributed by atoms with Crippen molar-refractivity contribution in [1.29, 1.82) is 5.26 Å². The molecular formula is C14H22N4. The largest absolute Gasteiger partial charge is 0.303 e. The number of nitrogens with zero attached hydrogens (tertiary/aromatic N) is 3. The standard InChI is InChI=1S/C14H22N4/c1-4-18(5-2)9-8-16-14(10-15)13-7-6-12(3)17-11-13/h6-7,11,14,16H,4-5,8-9H2,1-3H3. The lowest BCUT2D eigenvalue weighted by Crippen LogP contribution is -2.33. The van der Waals surface area contributed by atoms with Crippen LogP contribution in [0.2, 0.25) is 0 Å². The number of hydrogen-bond donors (Lipinski definition) is 1. The number of hydrogen-bond acceptors (Lipinski definition) is 4. The Labute approximate surface area is 110 Å². The topological polar surface area (TPSA) is 52.0 Å². The highest BCUT2D eigenvalue weighted by molar-refractivity contribution is 5.22. The molecule has 0 saturated heterocycles. The van der Waals surface area contributed by atoms with Gasteiger partial charge in [0.25, 0.3) is 0 Å². The van der Waals surface area contributed by atoms with Gasteiger partial charge in [0.05, 0.1) is 6.07 Å². The summed E-state index contributed by atoms with van der Waals surface area (Å²) >= 11 is 0. The third-order valence-electron chi connectivity index (χ3n) is 3.07. The zero-order valence-electron chi connectivity index (χ0n) is 11.5. The van der Waals surface area contributed by atoms with E-state index in [1.165, 1.54) is 0 Å². The fourth-order valence-corrected chi connectivity index (χ4v) is 1.79. The van der Waals surface area contributed by atoms with Gasteiger partial charge in [-0.25, -0.2) is 0 Å². The van der Waals surface area contributed by atoms with E-state index >= 15 is 0 Å². The molecular weight excluding hydrogens is 224 g/mol. The Hall–Kier alpha value is -1.44. The Morgan fingerprint density at radius 1 is 1.39 bits per heavy atom. The molecule has 1 rings (SSSR count). The predicted octanol–water partition coefficient (Wildman–Crippen LogP) is 1.89. The van der Waals surface area contributed by atoms with Crippen molar-refractivity contribution in [3.05, 3.63) is 29.6 Å². The molecule has 1 heterocycles. The highest BCUT2D eigenvalue weighted by Gasteiger charge is 2.10. The number of nitrogens with one attached hydrogen (secondary N) is 1. The summed E-state index contributed by atoms with van der Waals surface area (Å²) in [5.74, 6) is 0. The summed E-state index contributed by atoms with van der Waals surface area (Å²) in [6.07, 6.45) is 1.77. The number of rotatable bonds is 7. The van der Waals surface area contributed by atoms with Gasteiger partial charge in [-0.1, -0.05) is 19.9 Å². The molecule has 1 unspecified atom stereocenters. The van der Waals surface area contributed by atoms with E-state index in [2.05, 4.69) is 35.1 Å². The van der Waals surface area contributed by atoms with Gasteiger partial charge in [-0.3, -0.25) is 10.3 Å². The van der Waals surface area contributed by atoms with Crippen molar-refractivity contribution in [2.45, 2.75) is 26.8 Å². The van der Waals surface area contributed by atoms with Gasteiger partial charge in [0.2, 0.25) is 0 Å². The van der Waals surface area contributed by atoms with Crippen LogP contribution in [0.15, 0.2) is 18.3 Å². The van der Waals surface area contributed by atoms with Gasteiger partial charge in [0, 0.05) is 30.5 Å². The second kappa shape index (κ2) is 7.80. The van der Waals surface area contributed by atoms with Gasteiger partial charge in [0.15, 0.2) is 0 Å². The second-order valence-corrected chi connectivity index (χ2v) is 4.28. The molecule has 0 radical (unpaired) electrons. The molecule has 1 aromatic heterocycles. The molecule has 98 valence electrons. The lowest BCUT2D eigenvalue weighted by atomic mass is 10.1. The summed E-state index contributed by atoms with van der Waals surface area (Å²) in [6.45, 7) is 10.1. The first kappa shape index (κ1) is 14.6. The molecule has 1 atom stereocenters. The highest BCUT2D eigenvalue weighted by atomic mass is 15.1. The van der Waals surface area contributed by atoms with Crippen LogP contribution in [0.3, 0.4) is 0 Å². The zero-order valence-corrected chi connectivity index (χ0v) is 11.5. The number of pyridine rings is 1. The normalized spacial score (nSPS) is 12.4. The molecule has 18 heavy (non-hydrogen) atoms. The van der Waals surface area contributed by atoms with Gasteiger partial charge in [-0.15, -0.1) is 0 Å². The summed E-state index contributed by atoms with van der Waals surface area (Å²) in [7, 11) is 0. The summed E-state index contributed by atoms with van der Waals surface area (Å²) < 4.78 is 0. The van der Waals surface area contributed by atoms with E-state index in [0.717, 1.165) is 37.4 Å². The molecule has 0 spiro atoms. The van der Waals surface area contributed by atoms with Crippen molar-refractivity contribution in [3.8, 4) is 6.07 Å². The molecule has 0 amide bonds. The van der Waals surface area contributed by atoms with Gasteiger partial charge in [-0.2, -0.15) is 5.26 Å². The third kappa shape index (κ3) is 4.44. The summed E-state index contributed by atoms with van der Waals surface area (Å²) in [4.78, 5) is 6.55. The maximum absolute atomic E-state index is 9.17. The monoisotopic (exact) mass is 246 g/mol. The van der Waals surface area contributed by atoms with Crippen molar-refractivity contribution in [2.24, 2.45) is 0 Å². The molecule has 1 aromatic rings. The van der Waals surface area contributed by atoms with E-state index in [4.69, 9.17) is 0 Å². The molecule has 0 aromatic carbocycles. The van der Waals surface area contributed by atoms with E-state index in [0.29, 0.717) is 0 Å². The van der Waals surface area contributed by atoms with Crippen LogP contribution in [-0.2, 0) is 0 Å². The number of aromatic nitrogens is 1. The van der Waals surface area contributed by atoms with Crippen LogP contribution in [0, 0.1) is 18.3 Å². The van der Waals surface area contributed by atoms with Gasteiger partial charge >= 0.3 is 0 Å². The average molecular weight is 246 g/mol. The number of nitriles is 1. The average Bonchev–Trinajstić information content (AvgIpc) is 2.41. The zero-order chi connectivity index (χ0) is 13.4. The second-order valence-electron chi connectivity index (χ2n) is 4.28. The molecule has 0 aliphatic heterocycles. The molecule has 0 saturated carbocycles. The predicted molar refractivity (Wildman–Crippen MR) is 73.1 cm³/mol. The quantitative estimate of drug-likeness (QED) is 0.798. The Morgan fingerprint density at radius 2 is 2.11 bits per heavy atom. The maximum atomic E-state index is 9.17. The fourth-order valence-electron chi connectivity index (χ4n) is 1.79. The Balaban J connectivity index is 2.48. The smallest absolute Gasteiger partial charge is 0.122 e. The lowest BCUT2D eigenvalue weighted by molar-refractivity contribution is 0.300. The van der Waals surface area contributed by atoms with Gasteiger partial charge < -0.3 is 4.90 Å². The lowest BCUT2D eigenvalue weighted by Gasteiger charge is -2.19. The van der Waals surface area contributed by atoms with E-state index in [1.807, 2.05) is 19.1 Å². The number of likely N-dealkylation sites (N-methyl/N-ethyl adjacent to an activating group) is 1. The first-order chi connectivity index (χ1) is 8.71. The summed E-state index contributed by atoms with van der Waals surface area (Å²) in [5.41, 5.74) is 1.90. The first-order valence-electron chi connectivity index (χ1n) is 6.49. The summed E-state index contributed by atoms with van der Waals surface area (Å²) in [6, 6.07) is 5.90.